The van der Waals surface area contributed by atoms with Crippen LogP contribution in [0.4, 0.5) is 0 Å². The number of nitrogens with zero attached hydrogens (tertiary/aromatic N) is 4. The molecule has 1 aromatic carbocycles. The lowest BCUT2D eigenvalue weighted by atomic mass is 9.93. The van der Waals surface area contributed by atoms with E-state index in [0.717, 1.165) is 35.8 Å². The lowest BCUT2D eigenvalue weighted by Gasteiger charge is -2.21. The molecule has 1 saturated carbocycles. The highest BCUT2D eigenvalue weighted by Gasteiger charge is 2.35. The Balaban J connectivity index is 1.44. The Morgan fingerprint density at radius 2 is 2.09 bits per heavy atom. The Kier molecular flexibility index (Phi) is 3.50. The second-order valence-corrected chi connectivity index (χ2v) is 6.45. The molecule has 2 aliphatic carbocycles. The van der Waals surface area contributed by atoms with Crippen molar-refractivity contribution in [2.45, 2.75) is 25.8 Å². The SMILES string of the molecule is C[C@H](NC[C@@H]1C[C@H]2C=C[C@H]1C2)c1nnnn1-c1ccccc1. The first kappa shape index (κ1) is 13.6. The van der Waals surface area contributed by atoms with Crippen molar-refractivity contribution in [3.05, 3.63) is 48.3 Å². The van der Waals surface area contributed by atoms with Crippen LogP contribution in [0.1, 0.15) is 31.6 Å². The predicted molar refractivity (Wildman–Crippen MR) is 84.4 cm³/mol. The monoisotopic (exact) mass is 295 g/mol. The first-order chi connectivity index (χ1) is 10.8. The van der Waals surface area contributed by atoms with E-state index in [4.69, 9.17) is 0 Å². The van der Waals surface area contributed by atoms with Crippen molar-refractivity contribution in [1.29, 1.82) is 0 Å². The molecule has 2 aliphatic rings. The summed E-state index contributed by atoms with van der Waals surface area (Å²) >= 11 is 0. The fourth-order valence-corrected chi connectivity index (χ4v) is 3.77. The molecule has 4 atom stereocenters. The van der Waals surface area contributed by atoms with Gasteiger partial charge in [-0.05, 0) is 66.6 Å². The van der Waals surface area contributed by atoms with Crippen LogP contribution in [0.5, 0.6) is 0 Å². The van der Waals surface area contributed by atoms with Crippen molar-refractivity contribution < 1.29 is 0 Å². The van der Waals surface area contributed by atoms with Gasteiger partial charge in [0.15, 0.2) is 5.82 Å². The molecule has 114 valence electrons. The van der Waals surface area contributed by atoms with Crippen molar-refractivity contribution in [3.8, 4) is 5.69 Å². The Hall–Kier alpha value is -2.01. The van der Waals surface area contributed by atoms with E-state index in [2.05, 4.69) is 39.9 Å². The van der Waals surface area contributed by atoms with E-state index in [0.29, 0.717) is 0 Å². The zero-order valence-corrected chi connectivity index (χ0v) is 12.8. The molecule has 5 nitrogen and oxygen atoms in total. The number of hydrogen-bond acceptors (Lipinski definition) is 4. The molecule has 0 saturated heterocycles. The molecule has 1 aromatic heterocycles. The van der Waals surface area contributed by atoms with Gasteiger partial charge in [0.25, 0.3) is 0 Å². The van der Waals surface area contributed by atoms with Gasteiger partial charge in [-0.3, -0.25) is 0 Å². The van der Waals surface area contributed by atoms with Gasteiger partial charge in [0.2, 0.25) is 0 Å². The van der Waals surface area contributed by atoms with Gasteiger partial charge in [-0.2, -0.15) is 4.68 Å². The number of benzene rings is 1. The molecule has 5 heteroatoms. The Morgan fingerprint density at radius 3 is 2.82 bits per heavy atom. The largest absolute Gasteiger partial charge is 0.307 e. The Morgan fingerprint density at radius 1 is 1.23 bits per heavy atom. The summed E-state index contributed by atoms with van der Waals surface area (Å²) in [6, 6.07) is 10.2. The maximum atomic E-state index is 4.21. The van der Waals surface area contributed by atoms with E-state index < -0.39 is 0 Å². The zero-order valence-electron chi connectivity index (χ0n) is 12.8. The standard InChI is InChI=1S/C17H21N5/c1-12(18-11-15-10-13-7-8-14(15)9-13)17-19-20-21-22(17)16-5-3-2-4-6-16/h2-8,12-15,18H,9-11H2,1H3/t12-,13-,14-,15-/m0/s1. The molecule has 0 radical (unpaired) electrons. The average Bonchev–Trinajstić information content (AvgIpc) is 3.29. The summed E-state index contributed by atoms with van der Waals surface area (Å²) in [6.07, 6.45) is 7.47. The summed E-state index contributed by atoms with van der Waals surface area (Å²) in [6.45, 7) is 3.17. The van der Waals surface area contributed by atoms with E-state index in [1.165, 1.54) is 12.8 Å². The number of rotatable bonds is 5. The molecule has 1 N–H and O–H groups in total. The fourth-order valence-electron chi connectivity index (χ4n) is 3.77. The van der Waals surface area contributed by atoms with Crippen LogP contribution < -0.4 is 5.32 Å². The van der Waals surface area contributed by atoms with Crippen molar-refractivity contribution in [2.24, 2.45) is 17.8 Å². The first-order valence-corrected chi connectivity index (χ1v) is 8.06. The summed E-state index contributed by atoms with van der Waals surface area (Å²) in [5.41, 5.74) is 0.999. The topological polar surface area (TPSA) is 55.6 Å². The molecule has 0 unspecified atom stereocenters. The van der Waals surface area contributed by atoms with Crippen LogP contribution in [-0.4, -0.2) is 26.8 Å². The molecule has 2 bridgehead atoms. The maximum Gasteiger partial charge on any atom is 0.173 e. The average molecular weight is 295 g/mol. The van der Waals surface area contributed by atoms with Crippen molar-refractivity contribution in [1.82, 2.24) is 25.5 Å². The molecule has 4 rings (SSSR count). The second kappa shape index (κ2) is 5.65. The minimum absolute atomic E-state index is 0.137. The van der Waals surface area contributed by atoms with Gasteiger partial charge in [0.1, 0.15) is 0 Å². The second-order valence-electron chi connectivity index (χ2n) is 6.45. The van der Waals surface area contributed by atoms with Crippen molar-refractivity contribution in [3.63, 3.8) is 0 Å². The summed E-state index contributed by atoms with van der Waals surface area (Å²) in [5.74, 6) is 3.22. The zero-order chi connectivity index (χ0) is 14.9. The van der Waals surface area contributed by atoms with Crippen LogP contribution in [0.15, 0.2) is 42.5 Å². The van der Waals surface area contributed by atoms with Crippen LogP contribution in [-0.2, 0) is 0 Å². The highest BCUT2D eigenvalue weighted by Crippen LogP contribution is 2.43. The normalized spacial score (nSPS) is 27.4. The van der Waals surface area contributed by atoms with Gasteiger partial charge in [-0.15, -0.1) is 5.10 Å². The van der Waals surface area contributed by atoms with Crippen LogP contribution in [0.2, 0.25) is 0 Å². The number of fused-ring (bicyclic) bond motifs is 2. The number of nitrogens with one attached hydrogen (secondary N) is 1. The van der Waals surface area contributed by atoms with Crippen LogP contribution in [0.3, 0.4) is 0 Å². The van der Waals surface area contributed by atoms with Gasteiger partial charge < -0.3 is 5.32 Å². The van der Waals surface area contributed by atoms with E-state index >= 15 is 0 Å². The fraction of sp³-hybridized carbons (Fsp3) is 0.471. The number of allylic oxidation sites excluding steroid dienone is 2. The summed E-state index contributed by atoms with van der Waals surface area (Å²) in [7, 11) is 0. The third-order valence-electron chi connectivity index (χ3n) is 4.98. The maximum absolute atomic E-state index is 4.21. The molecule has 0 spiro atoms. The molecule has 1 heterocycles. The van der Waals surface area contributed by atoms with Crippen molar-refractivity contribution in [2.75, 3.05) is 6.54 Å². The molecular weight excluding hydrogens is 274 g/mol. The van der Waals surface area contributed by atoms with E-state index in [1.807, 2.05) is 35.0 Å². The van der Waals surface area contributed by atoms with Gasteiger partial charge in [-0.25, -0.2) is 0 Å². The van der Waals surface area contributed by atoms with E-state index in [9.17, 15) is 0 Å². The molecule has 1 fully saturated rings. The number of hydrogen-bond donors (Lipinski definition) is 1. The molecular formula is C17H21N5. The van der Waals surface area contributed by atoms with Crippen LogP contribution in [0, 0.1) is 17.8 Å². The van der Waals surface area contributed by atoms with Crippen molar-refractivity contribution >= 4 is 0 Å². The lowest BCUT2D eigenvalue weighted by Crippen LogP contribution is -2.29. The summed E-state index contributed by atoms with van der Waals surface area (Å²) in [4.78, 5) is 0. The van der Waals surface area contributed by atoms with Crippen LogP contribution >= 0.6 is 0 Å². The number of aromatic nitrogens is 4. The highest BCUT2D eigenvalue weighted by molar-refractivity contribution is 5.30. The first-order valence-electron chi connectivity index (χ1n) is 8.06. The Bertz CT molecular complexity index is 663. The number of tetrazole rings is 1. The molecule has 22 heavy (non-hydrogen) atoms. The van der Waals surface area contributed by atoms with Gasteiger partial charge in [0, 0.05) is 0 Å². The smallest absolute Gasteiger partial charge is 0.173 e. The molecule has 0 amide bonds. The van der Waals surface area contributed by atoms with Gasteiger partial charge in [0.05, 0.1) is 11.7 Å². The minimum Gasteiger partial charge on any atom is -0.307 e. The van der Waals surface area contributed by atoms with E-state index in [-0.39, 0.29) is 6.04 Å². The van der Waals surface area contributed by atoms with Crippen LogP contribution in [0.25, 0.3) is 5.69 Å². The third-order valence-corrected chi connectivity index (χ3v) is 4.98. The minimum atomic E-state index is 0.137. The molecule has 2 aromatic rings. The highest BCUT2D eigenvalue weighted by atomic mass is 15.5. The lowest BCUT2D eigenvalue weighted by molar-refractivity contribution is 0.386. The number of para-hydroxylation sites is 1. The van der Waals surface area contributed by atoms with Gasteiger partial charge in [-0.1, -0.05) is 30.4 Å². The van der Waals surface area contributed by atoms with E-state index in [1.54, 1.807) is 0 Å². The summed E-state index contributed by atoms with van der Waals surface area (Å²) in [5, 5.41) is 15.8. The Labute approximate surface area is 130 Å². The predicted octanol–water partition coefficient (Wildman–Crippen LogP) is 2.53. The van der Waals surface area contributed by atoms with Gasteiger partial charge >= 0.3 is 0 Å². The quantitative estimate of drug-likeness (QED) is 0.861. The summed E-state index contributed by atoms with van der Waals surface area (Å²) < 4.78 is 1.82. The third kappa shape index (κ3) is 2.46. The molecule has 0 aliphatic heterocycles.